The molecule has 0 spiro atoms. The number of hydrogen-bond acceptors (Lipinski definition) is 4. The van der Waals surface area contributed by atoms with Gasteiger partial charge in [-0.25, -0.2) is 12.8 Å². The van der Waals surface area contributed by atoms with Crippen LogP contribution in [-0.2, 0) is 14.8 Å². The molecular formula is C18H28FN3O3S. The van der Waals surface area contributed by atoms with Crippen molar-refractivity contribution in [2.24, 2.45) is 5.73 Å². The Morgan fingerprint density at radius 1 is 1.00 bits per heavy atom. The largest absolute Gasteiger partial charge is 0.341 e. The number of rotatable bonds is 8. The van der Waals surface area contributed by atoms with Gasteiger partial charge in [0.15, 0.2) is 0 Å². The highest BCUT2D eigenvalue weighted by Gasteiger charge is 2.28. The first-order chi connectivity index (χ1) is 12.4. The van der Waals surface area contributed by atoms with Crippen molar-refractivity contribution in [2.75, 3.05) is 32.7 Å². The summed E-state index contributed by atoms with van der Waals surface area (Å²) < 4.78 is 39.8. The monoisotopic (exact) mass is 385 g/mol. The third-order valence-corrected chi connectivity index (χ3v) is 6.52. The van der Waals surface area contributed by atoms with Crippen molar-refractivity contribution >= 4 is 15.9 Å². The number of halogens is 1. The van der Waals surface area contributed by atoms with Gasteiger partial charge in [-0.2, -0.15) is 4.31 Å². The Bertz CT molecular complexity index is 679. The summed E-state index contributed by atoms with van der Waals surface area (Å²) in [5, 5.41) is 0. The van der Waals surface area contributed by atoms with Gasteiger partial charge >= 0.3 is 0 Å². The summed E-state index contributed by atoms with van der Waals surface area (Å²) in [6.45, 7) is 2.26. The van der Waals surface area contributed by atoms with E-state index in [-0.39, 0.29) is 17.3 Å². The minimum Gasteiger partial charge on any atom is -0.341 e. The lowest BCUT2D eigenvalue weighted by Crippen LogP contribution is -2.37. The van der Waals surface area contributed by atoms with Crippen LogP contribution in [0.3, 0.4) is 0 Å². The van der Waals surface area contributed by atoms with E-state index in [1.54, 1.807) is 4.90 Å². The van der Waals surface area contributed by atoms with E-state index in [0.29, 0.717) is 39.0 Å². The first kappa shape index (κ1) is 20.8. The molecule has 0 unspecified atom stereocenters. The zero-order valence-electron chi connectivity index (χ0n) is 15.1. The second-order valence-electron chi connectivity index (χ2n) is 6.55. The van der Waals surface area contributed by atoms with E-state index in [1.165, 1.54) is 16.4 Å². The number of amides is 1. The summed E-state index contributed by atoms with van der Waals surface area (Å²) in [5.41, 5.74) is 5.45. The molecular weight excluding hydrogens is 357 g/mol. The van der Waals surface area contributed by atoms with Crippen LogP contribution in [0.2, 0.25) is 0 Å². The van der Waals surface area contributed by atoms with Crippen LogP contribution in [0.25, 0.3) is 0 Å². The lowest BCUT2D eigenvalue weighted by atomic mass is 10.1. The predicted molar refractivity (Wildman–Crippen MR) is 98.5 cm³/mol. The maximum atomic E-state index is 13.0. The molecule has 2 rings (SSSR count). The van der Waals surface area contributed by atoms with E-state index in [0.717, 1.165) is 37.8 Å². The zero-order valence-corrected chi connectivity index (χ0v) is 15.9. The van der Waals surface area contributed by atoms with Crippen molar-refractivity contribution in [3.8, 4) is 0 Å². The molecule has 0 saturated carbocycles. The van der Waals surface area contributed by atoms with E-state index >= 15 is 0 Å². The molecule has 8 heteroatoms. The molecule has 1 aromatic rings. The summed E-state index contributed by atoms with van der Waals surface area (Å²) in [5.74, 6) is -0.387. The van der Waals surface area contributed by atoms with Gasteiger partial charge in [0.1, 0.15) is 5.82 Å². The highest BCUT2D eigenvalue weighted by Crippen LogP contribution is 2.18. The van der Waals surface area contributed by atoms with E-state index < -0.39 is 15.8 Å². The molecule has 26 heavy (non-hydrogen) atoms. The topological polar surface area (TPSA) is 83.7 Å². The van der Waals surface area contributed by atoms with E-state index in [9.17, 15) is 17.6 Å². The number of nitrogens with two attached hydrogens (primary N) is 1. The molecule has 0 aromatic heterocycles. The van der Waals surface area contributed by atoms with Gasteiger partial charge in [-0.3, -0.25) is 4.79 Å². The highest BCUT2D eigenvalue weighted by molar-refractivity contribution is 7.89. The quantitative estimate of drug-likeness (QED) is 0.694. The van der Waals surface area contributed by atoms with Crippen molar-refractivity contribution in [3.05, 3.63) is 30.1 Å². The minimum absolute atomic E-state index is 0.0820. The van der Waals surface area contributed by atoms with Crippen LogP contribution in [0.5, 0.6) is 0 Å². The maximum absolute atomic E-state index is 13.0. The molecule has 6 nitrogen and oxygen atoms in total. The summed E-state index contributed by atoms with van der Waals surface area (Å²) in [6.07, 6.45) is 4.94. The van der Waals surface area contributed by atoms with E-state index in [1.807, 2.05) is 0 Å². The van der Waals surface area contributed by atoms with Crippen molar-refractivity contribution in [2.45, 2.75) is 43.4 Å². The normalized spacial score (nSPS) is 16.5. The molecule has 1 fully saturated rings. The molecule has 1 aromatic carbocycles. The third kappa shape index (κ3) is 5.75. The van der Waals surface area contributed by atoms with Crippen molar-refractivity contribution in [1.82, 2.24) is 9.21 Å². The molecule has 0 radical (unpaired) electrons. The van der Waals surface area contributed by atoms with Gasteiger partial charge in [0.25, 0.3) is 0 Å². The first-order valence-corrected chi connectivity index (χ1v) is 10.6. The lowest BCUT2D eigenvalue weighted by Gasteiger charge is -2.22. The van der Waals surface area contributed by atoms with Crippen molar-refractivity contribution in [3.63, 3.8) is 0 Å². The van der Waals surface area contributed by atoms with Gasteiger partial charge in [-0.15, -0.1) is 0 Å². The van der Waals surface area contributed by atoms with Gasteiger partial charge in [-0.1, -0.05) is 12.8 Å². The number of nitrogens with zero attached hydrogens (tertiary/aromatic N) is 2. The van der Waals surface area contributed by atoms with Crippen LogP contribution in [0, 0.1) is 5.82 Å². The van der Waals surface area contributed by atoms with Crippen LogP contribution in [-0.4, -0.2) is 56.3 Å². The number of sulfonamides is 1. The van der Waals surface area contributed by atoms with Crippen LogP contribution in [0.4, 0.5) is 4.39 Å². The Morgan fingerprint density at radius 3 is 2.38 bits per heavy atom. The van der Waals surface area contributed by atoms with Gasteiger partial charge in [0, 0.05) is 32.6 Å². The van der Waals surface area contributed by atoms with Gasteiger partial charge < -0.3 is 10.6 Å². The molecule has 1 saturated heterocycles. The molecule has 1 aliphatic heterocycles. The second kappa shape index (κ2) is 9.99. The number of carbonyl (C=O) groups is 1. The second-order valence-corrected chi connectivity index (χ2v) is 8.48. The standard InChI is InChI=1S/C18H28FN3O3S/c19-16-7-9-17(10-8-16)26(24,25)22-13-5-12-21(14-15-22)18(23)6-3-1-2-4-11-20/h7-10H,1-6,11-15,20H2. The fourth-order valence-corrected chi connectivity index (χ4v) is 4.54. The smallest absolute Gasteiger partial charge is 0.243 e. The van der Waals surface area contributed by atoms with Crippen LogP contribution in [0.15, 0.2) is 29.2 Å². The molecule has 1 aliphatic rings. The maximum Gasteiger partial charge on any atom is 0.243 e. The first-order valence-electron chi connectivity index (χ1n) is 9.18. The number of benzene rings is 1. The predicted octanol–water partition coefficient (Wildman–Crippen LogP) is 1.96. The van der Waals surface area contributed by atoms with Crippen molar-refractivity contribution in [1.29, 1.82) is 0 Å². The molecule has 0 atom stereocenters. The van der Waals surface area contributed by atoms with Crippen LogP contribution in [0.1, 0.15) is 38.5 Å². The average Bonchev–Trinajstić information content (AvgIpc) is 2.88. The molecule has 0 aliphatic carbocycles. The molecule has 2 N–H and O–H groups in total. The molecule has 1 amide bonds. The zero-order chi connectivity index (χ0) is 19.0. The lowest BCUT2D eigenvalue weighted by molar-refractivity contribution is -0.131. The Balaban J connectivity index is 1.89. The fourth-order valence-electron chi connectivity index (χ4n) is 3.07. The number of unbranched alkanes of at least 4 members (excludes halogenated alkanes) is 3. The fraction of sp³-hybridized carbons (Fsp3) is 0.611. The number of carbonyl (C=O) groups excluding carboxylic acids is 1. The summed E-state index contributed by atoms with van der Waals surface area (Å²) >= 11 is 0. The van der Waals surface area contributed by atoms with Gasteiger partial charge in [0.2, 0.25) is 15.9 Å². The van der Waals surface area contributed by atoms with Crippen molar-refractivity contribution < 1.29 is 17.6 Å². The minimum atomic E-state index is -3.66. The SMILES string of the molecule is NCCCCCCC(=O)N1CCCN(S(=O)(=O)c2ccc(F)cc2)CC1. The summed E-state index contributed by atoms with van der Waals surface area (Å²) in [7, 11) is -3.66. The molecule has 0 bridgehead atoms. The van der Waals surface area contributed by atoms with E-state index in [4.69, 9.17) is 5.73 Å². The summed E-state index contributed by atoms with van der Waals surface area (Å²) in [6, 6.07) is 4.84. The van der Waals surface area contributed by atoms with E-state index in [2.05, 4.69) is 0 Å². The molecule has 1 heterocycles. The van der Waals surface area contributed by atoms with Crippen LogP contribution < -0.4 is 5.73 Å². The highest BCUT2D eigenvalue weighted by atomic mass is 32.2. The Labute approximate surface area is 155 Å². The van der Waals surface area contributed by atoms with Gasteiger partial charge in [-0.05, 0) is 50.1 Å². The molecule has 146 valence electrons. The van der Waals surface area contributed by atoms with Crippen LogP contribution >= 0.6 is 0 Å². The Kier molecular flexibility index (Phi) is 7.99. The van der Waals surface area contributed by atoms with Gasteiger partial charge in [0.05, 0.1) is 4.90 Å². The number of hydrogen-bond donors (Lipinski definition) is 1. The third-order valence-electron chi connectivity index (χ3n) is 4.60. The average molecular weight is 386 g/mol. The summed E-state index contributed by atoms with van der Waals surface area (Å²) in [4.78, 5) is 14.2. The Hall–Kier alpha value is -1.51. The Morgan fingerprint density at radius 2 is 1.69 bits per heavy atom.